The van der Waals surface area contributed by atoms with E-state index in [4.69, 9.17) is 0 Å². The molecular formula is C17H28N2OS2. The van der Waals surface area contributed by atoms with Crippen molar-refractivity contribution in [3.05, 3.63) is 35.4 Å². The van der Waals surface area contributed by atoms with E-state index in [1.807, 2.05) is 7.05 Å². The fraction of sp³-hybridized carbons (Fsp3) is 0.529. The van der Waals surface area contributed by atoms with E-state index in [-0.39, 0.29) is 39.1 Å². The molecule has 0 spiro atoms. The molecule has 2 atom stereocenters. The summed E-state index contributed by atoms with van der Waals surface area (Å²) in [5, 5.41) is 13.0. The quantitative estimate of drug-likeness (QED) is 0.823. The van der Waals surface area contributed by atoms with Crippen LogP contribution in [0.4, 0.5) is 0 Å². The van der Waals surface area contributed by atoms with E-state index in [1.165, 1.54) is 5.56 Å². The molecule has 1 aromatic rings. The van der Waals surface area contributed by atoms with Crippen LogP contribution in [0.2, 0.25) is 0 Å². The van der Waals surface area contributed by atoms with Crippen molar-refractivity contribution in [1.29, 1.82) is 0 Å². The summed E-state index contributed by atoms with van der Waals surface area (Å²) in [7, 11) is 1.99. The van der Waals surface area contributed by atoms with Crippen molar-refractivity contribution in [2.45, 2.75) is 31.9 Å². The second-order valence-electron chi connectivity index (χ2n) is 5.32. The Morgan fingerprint density at radius 2 is 2.18 bits per heavy atom. The number of rotatable bonds is 4. The minimum absolute atomic E-state index is 0. The summed E-state index contributed by atoms with van der Waals surface area (Å²) in [6.45, 7) is 4.76. The maximum atomic E-state index is 9.62. The first kappa shape index (κ1) is 21.4. The number of nitrogens with zero attached hydrogens (tertiary/aromatic N) is 1. The molecule has 0 saturated carbocycles. The SMILES string of the molecule is CCC#Cc1cccc(C(CN2CC[C@H](O)C2)NC)c1.S.S. The molecule has 1 unspecified atom stereocenters. The molecule has 2 rings (SSSR count). The van der Waals surface area contributed by atoms with Gasteiger partial charge in [0.25, 0.3) is 0 Å². The number of likely N-dealkylation sites (tertiary alicyclic amines) is 1. The van der Waals surface area contributed by atoms with Crippen LogP contribution >= 0.6 is 27.0 Å². The number of hydrogen-bond acceptors (Lipinski definition) is 3. The molecule has 0 amide bonds. The van der Waals surface area contributed by atoms with E-state index in [1.54, 1.807) is 0 Å². The summed E-state index contributed by atoms with van der Waals surface area (Å²) in [6.07, 6.45) is 1.61. The molecule has 3 nitrogen and oxygen atoms in total. The average Bonchev–Trinajstić information content (AvgIpc) is 2.88. The molecule has 124 valence electrons. The molecular weight excluding hydrogens is 312 g/mol. The number of hydrogen-bond donors (Lipinski definition) is 2. The topological polar surface area (TPSA) is 35.5 Å². The van der Waals surface area contributed by atoms with Gasteiger partial charge in [-0.3, -0.25) is 4.90 Å². The Hall–Kier alpha value is -0.640. The van der Waals surface area contributed by atoms with E-state index in [0.29, 0.717) is 0 Å². The molecule has 1 aromatic carbocycles. The van der Waals surface area contributed by atoms with Gasteiger partial charge < -0.3 is 10.4 Å². The zero-order valence-electron chi connectivity index (χ0n) is 13.4. The highest BCUT2D eigenvalue weighted by Crippen LogP contribution is 2.18. The Morgan fingerprint density at radius 3 is 2.77 bits per heavy atom. The fourth-order valence-corrected chi connectivity index (χ4v) is 2.62. The first-order chi connectivity index (χ1) is 9.72. The van der Waals surface area contributed by atoms with Crippen LogP contribution in [0.15, 0.2) is 24.3 Å². The van der Waals surface area contributed by atoms with Crippen LogP contribution in [0, 0.1) is 11.8 Å². The Bertz CT molecular complexity index is 499. The van der Waals surface area contributed by atoms with Crippen LogP contribution < -0.4 is 5.32 Å². The minimum Gasteiger partial charge on any atom is -0.392 e. The van der Waals surface area contributed by atoms with Crippen molar-refractivity contribution in [2.24, 2.45) is 0 Å². The number of β-amino-alcohol motifs (C(OH)–C–C–N with tert-alkyl or cyclic N) is 1. The zero-order chi connectivity index (χ0) is 14.4. The highest BCUT2D eigenvalue weighted by molar-refractivity contribution is 7.59. The van der Waals surface area contributed by atoms with Crippen molar-refractivity contribution in [3.8, 4) is 11.8 Å². The molecule has 1 aliphatic heterocycles. The summed E-state index contributed by atoms with van der Waals surface area (Å²) in [4.78, 5) is 2.32. The van der Waals surface area contributed by atoms with Gasteiger partial charge in [-0.05, 0) is 31.2 Å². The van der Waals surface area contributed by atoms with Gasteiger partial charge in [0.05, 0.1) is 6.10 Å². The monoisotopic (exact) mass is 340 g/mol. The second kappa shape index (κ2) is 11.0. The Labute approximate surface area is 148 Å². The van der Waals surface area contributed by atoms with Crippen LogP contribution in [-0.2, 0) is 0 Å². The molecule has 1 aliphatic rings. The van der Waals surface area contributed by atoms with Gasteiger partial charge in [0.1, 0.15) is 0 Å². The van der Waals surface area contributed by atoms with E-state index < -0.39 is 0 Å². The number of likely N-dealkylation sites (N-methyl/N-ethyl adjacent to an activating group) is 1. The summed E-state index contributed by atoms with van der Waals surface area (Å²) in [5.74, 6) is 6.30. The van der Waals surface area contributed by atoms with Crippen molar-refractivity contribution >= 4 is 27.0 Å². The lowest BCUT2D eigenvalue weighted by molar-refractivity contribution is 0.173. The third-order valence-corrected chi connectivity index (χ3v) is 3.74. The van der Waals surface area contributed by atoms with Crippen LogP contribution in [0.3, 0.4) is 0 Å². The molecule has 1 fully saturated rings. The molecule has 0 aliphatic carbocycles. The van der Waals surface area contributed by atoms with E-state index in [9.17, 15) is 5.11 Å². The minimum atomic E-state index is -0.158. The van der Waals surface area contributed by atoms with Crippen LogP contribution in [0.1, 0.15) is 36.9 Å². The first-order valence-corrected chi connectivity index (χ1v) is 7.39. The molecule has 5 heteroatoms. The summed E-state index contributed by atoms with van der Waals surface area (Å²) in [6, 6.07) is 8.71. The average molecular weight is 341 g/mol. The lowest BCUT2D eigenvalue weighted by Gasteiger charge is -2.23. The molecule has 0 radical (unpaired) electrons. The number of aliphatic hydroxyl groups excluding tert-OH is 1. The lowest BCUT2D eigenvalue weighted by Crippen LogP contribution is -2.33. The summed E-state index contributed by atoms with van der Waals surface area (Å²) >= 11 is 0. The highest BCUT2D eigenvalue weighted by atomic mass is 32.1. The van der Waals surface area contributed by atoms with Crippen molar-refractivity contribution in [3.63, 3.8) is 0 Å². The maximum Gasteiger partial charge on any atom is 0.0679 e. The van der Waals surface area contributed by atoms with Gasteiger partial charge in [-0.25, -0.2) is 0 Å². The zero-order valence-corrected chi connectivity index (χ0v) is 15.4. The van der Waals surface area contributed by atoms with Crippen LogP contribution in [0.5, 0.6) is 0 Å². The van der Waals surface area contributed by atoms with Crippen molar-refractivity contribution in [2.75, 3.05) is 26.7 Å². The Kier molecular flexibility index (Phi) is 10.7. The van der Waals surface area contributed by atoms with E-state index in [0.717, 1.165) is 38.0 Å². The van der Waals surface area contributed by atoms with E-state index >= 15 is 0 Å². The fourth-order valence-electron chi connectivity index (χ4n) is 2.62. The van der Waals surface area contributed by atoms with Gasteiger partial charge in [-0.1, -0.05) is 30.9 Å². The predicted molar refractivity (Wildman–Crippen MR) is 103 cm³/mol. The number of nitrogens with one attached hydrogen (secondary N) is 1. The van der Waals surface area contributed by atoms with Crippen LogP contribution in [0.25, 0.3) is 0 Å². The predicted octanol–water partition coefficient (Wildman–Crippen LogP) is 2.00. The Morgan fingerprint density at radius 1 is 1.41 bits per heavy atom. The molecule has 1 saturated heterocycles. The van der Waals surface area contributed by atoms with Gasteiger partial charge in [-0.15, -0.1) is 0 Å². The van der Waals surface area contributed by atoms with Gasteiger partial charge in [0.2, 0.25) is 0 Å². The normalized spacial score (nSPS) is 18.6. The van der Waals surface area contributed by atoms with Gasteiger partial charge in [-0.2, -0.15) is 27.0 Å². The molecule has 2 N–H and O–H groups in total. The first-order valence-electron chi connectivity index (χ1n) is 7.39. The third kappa shape index (κ3) is 6.23. The summed E-state index contributed by atoms with van der Waals surface area (Å²) < 4.78 is 0. The second-order valence-corrected chi connectivity index (χ2v) is 5.32. The third-order valence-electron chi connectivity index (χ3n) is 3.74. The molecule has 22 heavy (non-hydrogen) atoms. The summed E-state index contributed by atoms with van der Waals surface area (Å²) in [5.41, 5.74) is 2.34. The molecule has 0 bridgehead atoms. The maximum absolute atomic E-state index is 9.62. The van der Waals surface area contributed by atoms with Crippen molar-refractivity contribution in [1.82, 2.24) is 10.2 Å². The highest BCUT2D eigenvalue weighted by Gasteiger charge is 2.23. The van der Waals surface area contributed by atoms with E-state index in [2.05, 4.69) is 53.2 Å². The van der Waals surface area contributed by atoms with Gasteiger partial charge in [0.15, 0.2) is 0 Å². The number of aliphatic hydroxyl groups is 1. The largest absolute Gasteiger partial charge is 0.392 e. The van der Waals surface area contributed by atoms with Gasteiger partial charge >= 0.3 is 0 Å². The van der Waals surface area contributed by atoms with Crippen molar-refractivity contribution < 1.29 is 5.11 Å². The van der Waals surface area contributed by atoms with Crippen LogP contribution in [-0.4, -0.2) is 42.8 Å². The smallest absolute Gasteiger partial charge is 0.0679 e. The lowest BCUT2D eigenvalue weighted by atomic mass is 10.0. The Balaban J connectivity index is 0.00000220. The number of benzene rings is 1. The molecule has 0 aromatic heterocycles. The van der Waals surface area contributed by atoms with Gasteiger partial charge in [0, 0.05) is 37.7 Å². The molecule has 1 heterocycles. The standard InChI is InChI=1S/C17H24N2O.2H2S/c1-3-4-6-14-7-5-8-15(11-14)17(18-2)13-19-10-9-16(20)12-19;;/h5,7-8,11,16-18,20H,3,9-10,12-13H2,1-2H3;2*1H2/t16-,17?;;/m0../s1.